The second-order valence-electron chi connectivity index (χ2n) is 8.87. The number of hydrogen-bond acceptors (Lipinski definition) is 5. The van der Waals surface area contributed by atoms with Gasteiger partial charge in [0.1, 0.15) is 11.7 Å². The Bertz CT molecular complexity index is 597. The summed E-state index contributed by atoms with van der Waals surface area (Å²) in [6, 6.07) is -0.0519. The van der Waals surface area contributed by atoms with Gasteiger partial charge in [-0.05, 0) is 40.0 Å². The van der Waals surface area contributed by atoms with Crippen LogP contribution in [0.3, 0.4) is 0 Å². The summed E-state index contributed by atoms with van der Waals surface area (Å²) in [5.74, 6) is 0.894. The van der Waals surface area contributed by atoms with E-state index in [4.69, 9.17) is 9.47 Å². The van der Waals surface area contributed by atoms with Gasteiger partial charge >= 0.3 is 6.09 Å². The number of amides is 2. The molecule has 0 aromatic heterocycles. The fraction of sp³-hybridized carbons (Fsp3) is 0.857. The molecule has 2 atom stereocenters. The minimum absolute atomic E-state index is 0. The van der Waals surface area contributed by atoms with E-state index in [0.29, 0.717) is 26.2 Å². The number of piperazine rings is 1. The second kappa shape index (κ2) is 13.3. The smallest absolute Gasteiger partial charge is 0.407 e. The number of halogens is 1. The van der Waals surface area contributed by atoms with Crippen molar-refractivity contribution in [2.45, 2.75) is 71.1 Å². The zero-order valence-corrected chi connectivity index (χ0v) is 21.9. The van der Waals surface area contributed by atoms with E-state index in [1.807, 2.05) is 25.7 Å². The molecule has 31 heavy (non-hydrogen) atoms. The number of carbonyl (C=O) groups is 2. The number of alkyl carbamates (subject to hydrolysis) is 1. The van der Waals surface area contributed by atoms with E-state index in [-0.39, 0.29) is 42.0 Å². The van der Waals surface area contributed by atoms with Gasteiger partial charge in [-0.3, -0.25) is 9.79 Å². The van der Waals surface area contributed by atoms with E-state index < -0.39 is 11.7 Å². The van der Waals surface area contributed by atoms with Gasteiger partial charge in [0.15, 0.2) is 5.96 Å². The van der Waals surface area contributed by atoms with Crippen LogP contribution in [-0.2, 0) is 14.3 Å². The van der Waals surface area contributed by atoms with Gasteiger partial charge < -0.3 is 29.9 Å². The van der Waals surface area contributed by atoms with Crippen molar-refractivity contribution in [3.05, 3.63) is 0 Å². The topological polar surface area (TPSA) is 95.5 Å². The molecular weight excluding hydrogens is 513 g/mol. The van der Waals surface area contributed by atoms with Crippen LogP contribution in [-0.4, -0.2) is 91.9 Å². The number of aliphatic imine (C=N–C) groups is 1. The average molecular weight is 553 g/mol. The van der Waals surface area contributed by atoms with Gasteiger partial charge in [0.05, 0.1) is 0 Å². The molecule has 2 amide bonds. The van der Waals surface area contributed by atoms with Gasteiger partial charge in [0, 0.05) is 52.4 Å². The van der Waals surface area contributed by atoms with E-state index in [1.54, 1.807) is 7.05 Å². The summed E-state index contributed by atoms with van der Waals surface area (Å²) in [4.78, 5) is 33.1. The average Bonchev–Trinajstić information content (AvgIpc) is 3.21. The van der Waals surface area contributed by atoms with Gasteiger partial charge in [0.2, 0.25) is 0 Å². The Morgan fingerprint density at radius 2 is 1.84 bits per heavy atom. The molecule has 2 N–H and O–H groups in total. The van der Waals surface area contributed by atoms with Crippen molar-refractivity contribution in [1.29, 1.82) is 0 Å². The molecule has 0 aromatic carbocycles. The molecule has 0 radical (unpaired) electrons. The minimum atomic E-state index is -0.523. The molecule has 0 spiro atoms. The van der Waals surface area contributed by atoms with E-state index in [0.717, 1.165) is 44.7 Å². The summed E-state index contributed by atoms with van der Waals surface area (Å²) < 4.78 is 10.9. The molecule has 0 aliphatic carbocycles. The van der Waals surface area contributed by atoms with Crippen LogP contribution in [0.1, 0.15) is 53.4 Å². The zero-order valence-electron chi connectivity index (χ0n) is 19.6. The Morgan fingerprint density at radius 3 is 2.35 bits per heavy atom. The van der Waals surface area contributed by atoms with Gasteiger partial charge in [0.25, 0.3) is 5.91 Å². The van der Waals surface area contributed by atoms with Crippen molar-refractivity contribution in [1.82, 2.24) is 20.4 Å². The molecule has 2 unspecified atom stereocenters. The van der Waals surface area contributed by atoms with Crippen LogP contribution in [0.15, 0.2) is 4.99 Å². The number of hydrogen-bond donors (Lipinski definition) is 2. The van der Waals surface area contributed by atoms with E-state index in [9.17, 15) is 9.59 Å². The lowest BCUT2D eigenvalue weighted by atomic mass is 10.1. The largest absolute Gasteiger partial charge is 0.444 e. The zero-order chi connectivity index (χ0) is 22.1. The summed E-state index contributed by atoms with van der Waals surface area (Å²) in [5.41, 5.74) is -0.523. The maximum absolute atomic E-state index is 12.5. The first-order chi connectivity index (χ1) is 14.2. The predicted octanol–water partition coefficient (Wildman–Crippen LogP) is 2.20. The number of nitrogens with zero attached hydrogens (tertiary/aromatic N) is 3. The maximum atomic E-state index is 12.5. The highest BCUT2D eigenvalue weighted by atomic mass is 127. The van der Waals surface area contributed by atoms with Crippen LogP contribution in [0.25, 0.3) is 0 Å². The third kappa shape index (κ3) is 9.38. The van der Waals surface area contributed by atoms with Crippen molar-refractivity contribution in [3.8, 4) is 0 Å². The molecule has 2 aliphatic rings. The van der Waals surface area contributed by atoms with Crippen LogP contribution in [0.5, 0.6) is 0 Å². The molecule has 0 bridgehead atoms. The Labute approximate surface area is 203 Å². The highest BCUT2D eigenvalue weighted by Gasteiger charge is 2.31. The molecule has 2 rings (SSSR count). The highest BCUT2D eigenvalue weighted by Crippen LogP contribution is 2.16. The summed E-state index contributed by atoms with van der Waals surface area (Å²) in [6.07, 6.45) is 2.91. The standard InChI is InChI=1S/C21H39N5O4.HI/c1-6-8-16(24-20(28)30-21(2,3)4)15-23-19(22-5)26-12-10-25(11-13-26)18(27)17-9-7-14-29-17;/h16-17H,6-15H2,1-5H3,(H,22,23)(H,24,28);1H. The molecule has 10 heteroatoms. The van der Waals surface area contributed by atoms with E-state index >= 15 is 0 Å². The monoisotopic (exact) mass is 553 g/mol. The number of ether oxygens (including phenoxy) is 2. The third-order valence-corrected chi connectivity index (χ3v) is 5.17. The molecule has 2 fully saturated rings. The normalized spacial score (nSPS) is 20.7. The molecule has 2 aliphatic heterocycles. The van der Waals surface area contributed by atoms with Gasteiger partial charge in [-0.15, -0.1) is 24.0 Å². The molecule has 2 saturated heterocycles. The van der Waals surface area contributed by atoms with Crippen molar-refractivity contribution >= 4 is 41.9 Å². The fourth-order valence-electron chi connectivity index (χ4n) is 3.71. The van der Waals surface area contributed by atoms with Gasteiger partial charge in [-0.2, -0.15) is 0 Å². The molecule has 2 heterocycles. The number of rotatable bonds is 6. The summed E-state index contributed by atoms with van der Waals surface area (Å²) in [7, 11) is 1.75. The minimum Gasteiger partial charge on any atom is -0.444 e. The van der Waals surface area contributed by atoms with Crippen LogP contribution in [0.4, 0.5) is 4.79 Å². The summed E-state index contributed by atoms with van der Waals surface area (Å²) in [6.45, 7) is 11.6. The van der Waals surface area contributed by atoms with E-state index in [1.165, 1.54) is 0 Å². The first-order valence-electron chi connectivity index (χ1n) is 11.1. The van der Waals surface area contributed by atoms with Crippen molar-refractivity contribution < 1.29 is 19.1 Å². The molecule has 0 aromatic rings. The van der Waals surface area contributed by atoms with Crippen molar-refractivity contribution in [2.24, 2.45) is 4.99 Å². The molecular formula is C21H40IN5O4. The lowest BCUT2D eigenvalue weighted by molar-refractivity contribution is -0.142. The predicted molar refractivity (Wildman–Crippen MR) is 132 cm³/mol. The van der Waals surface area contributed by atoms with Crippen molar-refractivity contribution in [2.75, 3.05) is 46.4 Å². The Kier molecular flexibility index (Phi) is 11.9. The summed E-state index contributed by atoms with van der Waals surface area (Å²) in [5, 5.41) is 6.32. The van der Waals surface area contributed by atoms with Crippen LogP contribution < -0.4 is 10.6 Å². The fourth-order valence-corrected chi connectivity index (χ4v) is 3.71. The van der Waals surface area contributed by atoms with Gasteiger partial charge in [-0.25, -0.2) is 4.79 Å². The number of guanidine groups is 1. The second-order valence-corrected chi connectivity index (χ2v) is 8.87. The third-order valence-electron chi connectivity index (χ3n) is 5.17. The Morgan fingerprint density at radius 1 is 1.19 bits per heavy atom. The first kappa shape index (κ1) is 27.7. The maximum Gasteiger partial charge on any atom is 0.407 e. The number of nitrogens with one attached hydrogen (secondary N) is 2. The van der Waals surface area contributed by atoms with Gasteiger partial charge in [-0.1, -0.05) is 13.3 Å². The van der Waals surface area contributed by atoms with Crippen molar-refractivity contribution in [3.63, 3.8) is 0 Å². The number of carbonyl (C=O) groups excluding carboxylic acids is 2. The SMILES string of the molecule is CCCC(CNC(=NC)N1CCN(C(=O)C2CCCO2)CC1)NC(=O)OC(C)(C)C.I. The Hall–Kier alpha value is -1.30. The highest BCUT2D eigenvalue weighted by molar-refractivity contribution is 14.0. The van der Waals surface area contributed by atoms with Crippen LogP contribution in [0, 0.1) is 0 Å². The summed E-state index contributed by atoms with van der Waals surface area (Å²) >= 11 is 0. The lowest BCUT2D eigenvalue weighted by Crippen LogP contribution is -2.56. The molecule has 0 saturated carbocycles. The first-order valence-corrected chi connectivity index (χ1v) is 11.1. The van der Waals surface area contributed by atoms with Crippen LogP contribution >= 0.6 is 24.0 Å². The van der Waals surface area contributed by atoms with E-state index in [2.05, 4.69) is 27.4 Å². The lowest BCUT2D eigenvalue weighted by Gasteiger charge is -2.37. The molecule has 9 nitrogen and oxygen atoms in total. The molecule has 180 valence electrons. The van der Waals surface area contributed by atoms with Crippen LogP contribution in [0.2, 0.25) is 0 Å². The quantitative estimate of drug-likeness (QED) is 0.298. The Balaban J connectivity index is 0.00000480.